The second-order valence-corrected chi connectivity index (χ2v) is 6.47. The third-order valence-electron chi connectivity index (χ3n) is 3.39. The molecule has 13 heteroatoms. The van der Waals surface area contributed by atoms with E-state index in [0.717, 1.165) is 0 Å². The molecule has 2 aromatic rings. The molecule has 126 valence electrons. The number of aliphatic hydroxyl groups is 2. The van der Waals surface area contributed by atoms with E-state index < -0.39 is 39.0 Å². The number of nitrogens with one attached hydrogen (secondary N) is 1. The molecule has 4 atom stereocenters. The van der Waals surface area contributed by atoms with Crippen LogP contribution in [0.25, 0.3) is 11.2 Å². The lowest BCUT2D eigenvalue weighted by molar-refractivity contribution is -0.745. The van der Waals surface area contributed by atoms with Crippen molar-refractivity contribution in [1.82, 2.24) is 15.0 Å². The minimum absolute atomic E-state index is 0.170. The number of hydrogen-bond acceptors (Lipinski definition) is 7. The smallest absolute Gasteiger partial charge is 0.387 e. The van der Waals surface area contributed by atoms with Gasteiger partial charge < -0.3 is 24.7 Å². The second kappa shape index (κ2) is 6.04. The fourth-order valence-corrected chi connectivity index (χ4v) is 2.86. The van der Waals surface area contributed by atoms with Crippen molar-refractivity contribution in [2.24, 2.45) is 0 Å². The molecule has 5 N–H and O–H groups in total. The Morgan fingerprint density at radius 1 is 1.39 bits per heavy atom. The number of aliphatic hydroxyl groups excluding tert-OH is 2. The maximum atomic E-state index is 10.7. The number of halogens is 1. The molecule has 0 aliphatic carbocycles. The molecule has 23 heavy (non-hydrogen) atoms. The summed E-state index contributed by atoms with van der Waals surface area (Å²) in [5, 5.41) is 20.3. The van der Waals surface area contributed by atoms with Gasteiger partial charge >= 0.3 is 13.5 Å². The summed E-state index contributed by atoms with van der Waals surface area (Å²) in [6, 6.07) is 0. The third-order valence-corrected chi connectivity index (χ3v) is 4.16. The molecule has 0 amide bonds. The van der Waals surface area contributed by atoms with Gasteiger partial charge in [0.05, 0.1) is 6.61 Å². The lowest BCUT2D eigenvalue weighted by atomic mass is 10.1. The number of ether oxygens (including phenoxy) is 1. The van der Waals surface area contributed by atoms with Crippen molar-refractivity contribution in [1.29, 1.82) is 0 Å². The monoisotopic (exact) mass is 367 g/mol. The summed E-state index contributed by atoms with van der Waals surface area (Å²) in [6.07, 6.45) is -2.29. The van der Waals surface area contributed by atoms with Crippen LogP contribution in [0.4, 0.5) is 0 Å². The van der Waals surface area contributed by atoms with Crippen molar-refractivity contribution < 1.29 is 38.4 Å². The molecular formula is C10H13ClN4O7P+. The fourth-order valence-electron chi connectivity index (χ4n) is 2.33. The molecule has 0 saturated carbocycles. The third kappa shape index (κ3) is 3.23. The summed E-state index contributed by atoms with van der Waals surface area (Å²) in [4.78, 5) is 28.0. The number of hydrogen-bond donors (Lipinski definition) is 5. The molecule has 0 spiro atoms. The number of aromatic amines is 1. The van der Waals surface area contributed by atoms with E-state index >= 15 is 0 Å². The molecule has 1 saturated heterocycles. The normalized spacial score (nSPS) is 28.6. The SMILES string of the molecule is O=P(O)(O)OC[C@H]1O[C@@H]([n+]2c[nH]c3c(Cl)ncnc32)[C@H](O)[C@@H]1O. The number of fused-ring (bicyclic) bond motifs is 1. The zero-order chi connectivity index (χ0) is 16.8. The molecule has 3 heterocycles. The van der Waals surface area contributed by atoms with Gasteiger partial charge in [0.25, 0.3) is 0 Å². The van der Waals surface area contributed by atoms with Crippen LogP contribution < -0.4 is 4.57 Å². The highest BCUT2D eigenvalue weighted by Gasteiger charge is 2.47. The van der Waals surface area contributed by atoms with Crippen LogP contribution in [0.1, 0.15) is 6.23 Å². The Hall–Kier alpha value is -1.17. The highest BCUT2D eigenvalue weighted by Crippen LogP contribution is 2.37. The minimum Gasteiger partial charge on any atom is -0.387 e. The lowest BCUT2D eigenvalue weighted by Crippen LogP contribution is -2.45. The highest BCUT2D eigenvalue weighted by atomic mass is 35.5. The number of rotatable bonds is 4. The average Bonchev–Trinajstić information content (AvgIpc) is 3.01. The van der Waals surface area contributed by atoms with Crippen LogP contribution in [0.5, 0.6) is 0 Å². The maximum Gasteiger partial charge on any atom is 0.469 e. The van der Waals surface area contributed by atoms with E-state index in [1.807, 2.05) is 0 Å². The van der Waals surface area contributed by atoms with Crippen LogP contribution >= 0.6 is 19.4 Å². The quantitative estimate of drug-likeness (QED) is 0.249. The molecule has 0 radical (unpaired) electrons. The lowest BCUT2D eigenvalue weighted by Gasteiger charge is -2.14. The van der Waals surface area contributed by atoms with Crippen molar-refractivity contribution in [3.8, 4) is 0 Å². The summed E-state index contributed by atoms with van der Waals surface area (Å²) >= 11 is 5.92. The predicted molar refractivity (Wildman–Crippen MR) is 73.0 cm³/mol. The van der Waals surface area contributed by atoms with Gasteiger partial charge in [-0.2, -0.15) is 0 Å². The molecular weight excluding hydrogens is 355 g/mol. The summed E-state index contributed by atoms with van der Waals surface area (Å²) in [5.74, 6) is 0. The largest absolute Gasteiger partial charge is 0.469 e. The Bertz CT molecular complexity index is 767. The number of nitrogens with zero attached hydrogens (tertiary/aromatic N) is 3. The highest BCUT2D eigenvalue weighted by molar-refractivity contribution is 7.46. The zero-order valence-electron chi connectivity index (χ0n) is 11.4. The average molecular weight is 368 g/mol. The standard InChI is InChI=1S/C10H12ClN4O7P/c11-8-5-9(13-2-12-8)15(3-14-5)10-7(17)6(16)4(22-10)1-21-23(18,19)20/h2-4,6-7,10,16-17H,1H2,(H2,18,19,20)/p+1/t4-,6-,7-,10-/m1/s1. The molecule has 2 aromatic heterocycles. The van der Waals surface area contributed by atoms with Crippen LogP contribution in [0.2, 0.25) is 5.15 Å². The van der Waals surface area contributed by atoms with Crippen LogP contribution in [-0.2, 0) is 13.8 Å². The van der Waals surface area contributed by atoms with E-state index in [9.17, 15) is 14.8 Å². The van der Waals surface area contributed by atoms with Crippen molar-refractivity contribution in [3.63, 3.8) is 0 Å². The van der Waals surface area contributed by atoms with Gasteiger partial charge in [0.15, 0.2) is 17.8 Å². The first-order chi connectivity index (χ1) is 10.8. The van der Waals surface area contributed by atoms with Gasteiger partial charge in [0.2, 0.25) is 11.7 Å². The van der Waals surface area contributed by atoms with E-state index in [2.05, 4.69) is 19.5 Å². The molecule has 1 fully saturated rings. The first-order valence-corrected chi connectivity index (χ1v) is 8.29. The van der Waals surface area contributed by atoms with Crippen molar-refractivity contribution in [3.05, 3.63) is 17.8 Å². The summed E-state index contributed by atoms with van der Waals surface area (Å²) < 4.78 is 21.9. The fraction of sp³-hybridized carbons (Fsp3) is 0.500. The Balaban J connectivity index is 1.85. The first-order valence-electron chi connectivity index (χ1n) is 6.38. The molecule has 0 aromatic carbocycles. The van der Waals surface area contributed by atoms with Gasteiger partial charge in [-0.1, -0.05) is 16.6 Å². The summed E-state index contributed by atoms with van der Waals surface area (Å²) in [7, 11) is -4.71. The number of phosphoric ester groups is 1. The van der Waals surface area contributed by atoms with Gasteiger partial charge in [-0.05, 0) is 0 Å². The Morgan fingerprint density at radius 3 is 2.83 bits per heavy atom. The van der Waals surface area contributed by atoms with Crippen molar-refractivity contribution in [2.75, 3.05) is 6.61 Å². The maximum absolute atomic E-state index is 10.7. The second-order valence-electron chi connectivity index (χ2n) is 4.88. The summed E-state index contributed by atoms with van der Waals surface area (Å²) in [5.41, 5.74) is 0.743. The van der Waals surface area contributed by atoms with Gasteiger partial charge in [-0.3, -0.25) is 9.51 Å². The van der Waals surface area contributed by atoms with Crippen LogP contribution in [0.3, 0.4) is 0 Å². The topological polar surface area (TPSA) is 162 Å². The number of aromatic nitrogens is 4. The number of phosphoric acid groups is 1. The molecule has 1 aliphatic heterocycles. The van der Waals surface area contributed by atoms with Crippen molar-refractivity contribution >= 4 is 30.6 Å². The number of imidazole rings is 1. The Labute approximate surface area is 133 Å². The van der Waals surface area contributed by atoms with Gasteiger partial charge in [-0.25, -0.2) is 14.1 Å². The minimum atomic E-state index is -4.71. The molecule has 11 nitrogen and oxygen atoms in total. The van der Waals surface area contributed by atoms with E-state index in [0.29, 0.717) is 11.2 Å². The van der Waals surface area contributed by atoms with Crippen LogP contribution in [0.15, 0.2) is 12.7 Å². The van der Waals surface area contributed by atoms with Gasteiger partial charge in [-0.15, -0.1) is 0 Å². The van der Waals surface area contributed by atoms with E-state index in [4.69, 9.17) is 26.1 Å². The van der Waals surface area contributed by atoms with Crippen LogP contribution in [-0.4, -0.2) is 59.9 Å². The predicted octanol–water partition coefficient (Wildman–Crippen LogP) is -1.37. The first kappa shape index (κ1) is 16.7. The van der Waals surface area contributed by atoms with Gasteiger partial charge in [0.1, 0.15) is 18.3 Å². The molecule has 0 bridgehead atoms. The van der Waals surface area contributed by atoms with E-state index in [-0.39, 0.29) is 5.15 Å². The summed E-state index contributed by atoms with van der Waals surface area (Å²) in [6.45, 7) is -0.586. The number of H-pyrrole nitrogens is 1. The molecule has 1 aliphatic rings. The van der Waals surface area contributed by atoms with Crippen LogP contribution in [0, 0.1) is 0 Å². The Kier molecular flexibility index (Phi) is 4.38. The molecule has 0 unspecified atom stereocenters. The van der Waals surface area contributed by atoms with E-state index in [1.165, 1.54) is 17.2 Å². The Morgan fingerprint density at radius 2 is 2.13 bits per heavy atom. The van der Waals surface area contributed by atoms with Crippen molar-refractivity contribution in [2.45, 2.75) is 24.5 Å². The zero-order valence-corrected chi connectivity index (χ0v) is 13.0. The molecule has 3 rings (SSSR count). The van der Waals surface area contributed by atoms with E-state index in [1.54, 1.807) is 0 Å². The van der Waals surface area contributed by atoms with Gasteiger partial charge in [0, 0.05) is 0 Å².